The van der Waals surface area contributed by atoms with Crippen LogP contribution in [0.3, 0.4) is 0 Å². The minimum atomic E-state index is 0.207. The van der Waals surface area contributed by atoms with E-state index >= 15 is 0 Å². The highest BCUT2D eigenvalue weighted by molar-refractivity contribution is 5.95. The van der Waals surface area contributed by atoms with Gasteiger partial charge in [0.25, 0.3) is 0 Å². The zero-order valence-corrected chi connectivity index (χ0v) is 18.8. The van der Waals surface area contributed by atoms with Crippen molar-refractivity contribution in [2.45, 2.75) is 32.5 Å². The summed E-state index contributed by atoms with van der Waals surface area (Å²) in [5, 5.41) is 6.66. The molecule has 33 heavy (non-hydrogen) atoms. The normalized spacial score (nSPS) is 13.8. The van der Waals surface area contributed by atoms with E-state index in [1.807, 2.05) is 71.6 Å². The van der Waals surface area contributed by atoms with Gasteiger partial charge in [0.05, 0.1) is 5.69 Å². The third-order valence-corrected chi connectivity index (χ3v) is 5.50. The number of pyridine rings is 1. The Kier molecular flexibility index (Phi) is 7.53. The summed E-state index contributed by atoms with van der Waals surface area (Å²) >= 11 is 0. The molecule has 2 aromatic carbocycles. The quantitative estimate of drug-likeness (QED) is 0.410. The highest BCUT2D eigenvalue weighted by Crippen LogP contribution is 2.21. The molecule has 170 valence electrons. The summed E-state index contributed by atoms with van der Waals surface area (Å²) in [6, 6.07) is 21.9. The molecule has 1 aliphatic rings. The standard InChI is InChI=1S/C26H29N5O2/c1-27-26(29-17-20-7-11-23(12-8-20)31-16-4-6-25(31)32)30-18-21-9-13-24(14-10-21)33-19-22-5-2-3-15-28-22/h2-3,5,7-15H,4,6,16-19H2,1H3,(H2,27,29,30). The van der Waals surface area contributed by atoms with Gasteiger partial charge in [-0.1, -0.05) is 30.3 Å². The maximum absolute atomic E-state index is 11.9. The van der Waals surface area contributed by atoms with Crippen molar-refractivity contribution >= 4 is 17.6 Å². The molecule has 2 N–H and O–H groups in total. The van der Waals surface area contributed by atoms with Gasteiger partial charge in [0.1, 0.15) is 12.4 Å². The van der Waals surface area contributed by atoms with Crippen LogP contribution in [0.5, 0.6) is 5.75 Å². The lowest BCUT2D eigenvalue weighted by molar-refractivity contribution is -0.117. The SMILES string of the molecule is CN=C(NCc1ccc(OCc2ccccn2)cc1)NCc1ccc(N2CCCC2=O)cc1. The summed E-state index contributed by atoms with van der Waals surface area (Å²) in [4.78, 5) is 22.3. The number of hydrogen-bond donors (Lipinski definition) is 2. The summed E-state index contributed by atoms with van der Waals surface area (Å²) in [7, 11) is 1.76. The summed E-state index contributed by atoms with van der Waals surface area (Å²) in [5.74, 6) is 1.74. The zero-order valence-electron chi connectivity index (χ0n) is 18.8. The van der Waals surface area contributed by atoms with E-state index in [1.165, 1.54) is 0 Å². The summed E-state index contributed by atoms with van der Waals surface area (Å²) in [6.45, 7) is 2.55. The number of nitrogens with zero attached hydrogens (tertiary/aromatic N) is 3. The molecule has 1 saturated heterocycles. The fourth-order valence-electron chi connectivity index (χ4n) is 3.65. The Morgan fingerprint density at radius 2 is 1.70 bits per heavy atom. The van der Waals surface area contributed by atoms with Crippen LogP contribution in [0.1, 0.15) is 29.7 Å². The van der Waals surface area contributed by atoms with Gasteiger partial charge in [-0.25, -0.2) is 0 Å². The average Bonchev–Trinajstić information content (AvgIpc) is 3.30. The van der Waals surface area contributed by atoms with E-state index in [9.17, 15) is 4.79 Å². The van der Waals surface area contributed by atoms with Gasteiger partial charge in [0, 0.05) is 45.0 Å². The van der Waals surface area contributed by atoms with Crippen LogP contribution >= 0.6 is 0 Å². The number of ether oxygens (including phenoxy) is 1. The Hall–Kier alpha value is -3.87. The number of amides is 1. The first-order valence-electron chi connectivity index (χ1n) is 11.2. The van der Waals surface area contributed by atoms with Crippen molar-refractivity contribution < 1.29 is 9.53 Å². The number of aliphatic imine (C=N–C) groups is 1. The number of nitrogens with one attached hydrogen (secondary N) is 2. The van der Waals surface area contributed by atoms with Gasteiger partial charge in [-0.3, -0.25) is 14.8 Å². The number of aromatic nitrogens is 1. The summed E-state index contributed by atoms with van der Waals surface area (Å²) < 4.78 is 5.79. The molecule has 0 atom stereocenters. The molecule has 2 heterocycles. The summed E-state index contributed by atoms with van der Waals surface area (Å²) in [5.41, 5.74) is 4.12. The van der Waals surface area contributed by atoms with Crippen LogP contribution < -0.4 is 20.3 Å². The number of hydrogen-bond acceptors (Lipinski definition) is 4. The molecule has 1 aromatic heterocycles. The predicted octanol–water partition coefficient (Wildman–Crippen LogP) is 3.65. The number of benzene rings is 2. The Morgan fingerprint density at radius 1 is 1.00 bits per heavy atom. The number of guanidine groups is 1. The number of anilines is 1. The molecule has 0 spiro atoms. The van der Waals surface area contributed by atoms with E-state index in [2.05, 4.69) is 20.6 Å². The largest absolute Gasteiger partial charge is 0.487 e. The van der Waals surface area contributed by atoms with Crippen molar-refractivity contribution in [3.8, 4) is 5.75 Å². The molecule has 4 rings (SSSR count). The first kappa shape index (κ1) is 22.3. The van der Waals surface area contributed by atoms with E-state index in [0.29, 0.717) is 26.1 Å². The molecule has 1 amide bonds. The monoisotopic (exact) mass is 443 g/mol. The minimum absolute atomic E-state index is 0.207. The first-order chi connectivity index (χ1) is 16.2. The van der Waals surface area contributed by atoms with Gasteiger partial charge in [-0.15, -0.1) is 0 Å². The smallest absolute Gasteiger partial charge is 0.227 e. The fraction of sp³-hybridized carbons (Fsp3) is 0.269. The summed E-state index contributed by atoms with van der Waals surface area (Å²) in [6.07, 6.45) is 3.34. The van der Waals surface area contributed by atoms with Crippen LogP contribution in [0.15, 0.2) is 77.9 Å². The molecule has 0 saturated carbocycles. The Balaban J connectivity index is 1.22. The van der Waals surface area contributed by atoms with Gasteiger partial charge in [0.15, 0.2) is 5.96 Å². The van der Waals surface area contributed by atoms with Crippen LogP contribution in [0.2, 0.25) is 0 Å². The third-order valence-electron chi connectivity index (χ3n) is 5.50. The van der Waals surface area contributed by atoms with Gasteiger partial charge < -0.3 is 20.3 Å². The molecule has 7 heteroatoms. The van der Waals surface area contributed by atoms with Gasteiger partial charge >= 0.3 is 0 Å². The molecule has 1 aliphatic heterocycles. The van der Waals surface area contributed by atoms with Crippen LogP contribution in [0, 0.1) is 0 Å². The lowest BCUT2D eigenvalue weighted by atomic mass is 10.2. The molecule has 1 fully saturated rings. The molecule has 3 aromatic rings. The Bertz CT molecular complexity index is 1070. The van der Waals surface area contributed by atoms with Crippen molar-refractivity contribution in [2.75, 3.05) is 18.5 Å². The molecular weight excluding hydrogens is 414 g/mol. The highest BCUT2D eigenvalue weighted by atomic mass is 16.5. The van der Waals surface area contributed by atoms with Crippen LogP contribution in [-0.2, 0) is 24.5 Å². The Morgan fingerprint density at radius 3 is 2.27 bits per heavy atom. The van der Waals surface area contributed by atoms with E-state index < -0.39 is 0 Å². The fourth-order valence-corrected chi connectivity index (χ4v) is 3.65. The predicted molar refractivity (Wildman–Crippen MR) is 130 cm³/mol. The second-order valence-electron chi connectivity index (χ2n) is 7.85. The highest BCUT2D eigenvalue weighted by Gasteiger charge is 2.21. The molecule has 7 nitrogen and oxygen atoms in total. The second kappa shape index (κ2) is 11.1. The molecule has 0 bridgehead atoms. The maximum atomic E-state index is 11.9. The lowest BCUT2D eigenvalue weighted by Crippen LogP contribution is -2.36. The molecule has 0 aliphatic carbocycles. The van der Waals surface area contributed by atoms with Gasteiger partial charge in [-0.05, 0) is 53.9 Å². The number of carbonyl (C=O) groups excluding carboxylic acids is 1. The number of rotatable bonds is 8. The average molecular weight is 444 g/mol. The van der Waals surface area contributed by atoms with Gasteiger partial charge in [0.2, 0.25) is 5.91 Å². The first-order valence-corrected chi connectivity index (χ1v) is 11.2. The van der Waals surface area contributed by atoms with Crippen molar-refractivity contribution in [3.05, 3.63) is 89.7 Å². The maximum Gasteiger partial charge on any atom is 0.227 e. The van der Waals surface area contributed by atoms with Crippen molar-refractivity contribution in [3.63, 3.8) is 0 Å². The van der Waals surface area contributed by atoms with Gasteiger partial charge in [-0.2, -0.15) is 0 Å². The lowest BCUT2D eigenvalue weighted by Gasteiger charge is -2.16. The van der Waals surface area contributed by atoms with Crippen molar-refractivity contribution in [2.24, 2.45) is 4.99 Å². The zero-order chi connectivity index (χ0) is 22.9. The second-order valence-corrected chi connectivity index (χ2v) is 7.85. The Labute approximate surface area is 194 Å². The molecule has 0 unspecified atom stereocenters. The van der Waals surface area contributed by atoms with Crippen molar-refractivity contribution in [1.82, 2.24) is 15.6 Å². The van der Waals surface area contributed by atoms with Crippen LogP contribution in [-0.4, -0.2) is 30.4 Å². The molecular formula is C26H29N5O2. The van der Waals surface area contributed by atoms with Crippen LogP contribution in [0.25, 0.3) is 0 Å². The van der Waals surface area contributed by atoms with E-state index in [4.69, 9.17) is 4.74 Å². The molecule has 0 radical (unpaired) electrons. The number of carbonyl (C=O) groups is 1. The van der Waals surface area contributed by atoms with Crippen molar-refractivity contribution in [1.29, 1.82) is 0 Å². The van der Waals surface area contributed by atoms with E-state index in [1.54, 1.807) is 13.2 Å². The van der Waals surface area contributed by atoms with E-state index in [0.717, 1.165) is 47.2 Å². The van der Waals surface area contributed by atoms with E-state index in [-0.39, 0.29) is 5.91 Å². The minimum Gasteiger partial charge on any atom is -0.487 e. The third kappa shape index (κ3) is 6.32. The van der Waals surface area contributed by atoms with Crippen LogP contribution in [0.4, 0.5) is 5.69 Å². The topological polar surface area (TPSA) is 78.9 Å².